The van der Waals surface area contributed by atoms with Crippen molar-refractivity contribution in [3.05, 3.63) is 18.5 Å². The van der Waals surface area contributed by atoms with Crippen molar-refractivity contribution in [2.75, 3.05) is 19.6 Å². The summed E-state index contributed by atoms with van der Waals surface area (Å²) < 4.78 is 1.88. The summed E-state index contributed by atoms with van der Waals surface area (Å²) in [5.74, 6) is 0.357. The summed E-state index contributed by atoms with van der Waals surface area (Å²) in [7, 11) is 0. The molecule has 2 rings (SSSR count). The van der Waals surface area contributed by atoms with Crippen molar-refractivity contribution in [2.24, 2.45) is 5.92 Å². The van der Waals surface area contributed by atoms with Crippen LogP contribution in [0, 0.1) is 5.92 Å². The van der Waals surface area contributed by atoms with Gasteiger partial charge in [0.1, 0.15) is 0 Å². The molecule has 5 nitrogen and oxygen atoms in total. The fourth-order valence-electron chi connectivity index (χ4n) is 1.91. The van der Waals surface area contributed by atoms with Crippen molar-refractivity contribution in [3.63, 3.8) is 0 Å². The molecule has 2 N–H and O–H groups in total. The summed E-state index contributed by atoms with van der Waals surface area (Å²) in [6.45, 7) is 3.38. The molecule has 0 saturated carbocycles. The van der Waals surface area contributed by atoms with Crippen LogP contribution in [0.2, 0.25) is 0 Å². The molecule has 1 aliphatic rings. The first-order valence-electron chi connectivity index (χ1n) is 5.82. The third-order valence-electron chi connectivity index (χ3n) is 2.85. The fourth-order valence-corrected chi connectivity index (χ4v) is 1.91. The zero-order valence-electron chi connectivity index (χ0n) is 9.35. The second-order valence-corrected chi connectivity index (χ2v) is 4.10. The zero-order valence-corrected chi connectivity index (χ0v) is 9.35. The van der Waals surface area contributed by atoms with Gasteiger partial charge in [-0.1, -0.05) is 0 Å². The lowest BCUT2D eigenvalue weighted by molar-refractivity contribution is -0.124. The normalized spacial score (nSPS) is 19.9. The van der Waals surface area contributed by atoms with Crippen LogP contribution in [0.15, 0.2) is 18.5 Å². The average molecular weight is 222 g/mol. The van der Waals surface area contributed by atoms with Crippen molar-refractivity contribution >= 4 is 5.91 Å². The molecule has 16 heavy (non-hydrogen) atoms. The molecule has 88 valence electrons. The van der Waals surface area contributed by atoms with Gasteiger partial charge in [0.15, 0.2) is 0 Å². The van der Waals surface area contributed by atoms with Crippen LogP contribution < -0.4 is 10.6 Å². The maximum Gasteiger partial charge on any atom is 0.224 e. The van der Waals surface area contributed by atoms with Gasteiger partial charge >= 0.3 is 0 Å². The molecule has 1 amide bonds. The van der Waals surface area contributed by atoms with Crippen LogP contribution in [-0.2, 0) is 11.3 Å². The largest absolute Gasteiger partial charge is 0.356 e. The van der Waals surface area contributed by atoms with E-state index in [-0.39, 0.29) is 11.8 Å². The molecule has 5 heteroatoms. The Morgan fingerprint density at radius 2 is 2.56 bits per heavy atom. The van der Waals surface area contributed by atoms with Gasteiger partial charge in [-0.2, -0.15) is 5.10 Å². The Morgan fingerprint density at radius 1 is 1.62 bits per heavy atom. The standard InChI is InChI=1S/C11H18N4O/c16-11(10-3-6-12-9-10)13-4-1-7-15-8-2-5-14-15/h2,5,8,10,12H,1,3-4,6-7,9H2,(H,13,16). The van der Waals surface area contributed by atoms with E-state index < -0.39 is 0 Å². The Bertz CT molecular complexity index is 317. The molecule has 1 aromatic rings. The van der Waals surface area contributed by atoms with Crippen LogP contribution in [0.1, 0.15) is 12.8 Å². The maximum absolute atomic E-state index is 11.6. The minimum absolute atomic E-state index is 0.171. The van der Waals surface area contributed by atoms with E-state index in [4.69, 9.17) is 0 Å². The Labute approximate surface area is 95.2 Å². The Kier molecular flexibility index (Phi) is 3.93. The van der Waals surface area contributed by atoms with E-state index in [1.165, 1.54) is 0 Å². The quantitative estimate of drug-likeness (QED) is 0.689. The van der Waals surface area contributed by atoms with Gasteiger partial charge in [-0.3, -0.25) is 9.48 Å². The predicted octanol–water partition coefficient (Wildman–Crippen LogP) is -0.00110. The molecule has 1 saturated heterocycles. The van der Waals surface area contributed by atoms with Crippen LogP contribution in [0.5, 0.6) is 0 Å². The van der Waals surface area contributed by atoms with Gasteiger partial charge in [0, 0.05) is 32.0 Å². The summed E-state index contributed by atoms with van der Waals surface area (Å²) in [5, 5.41) is 10.3. The van der Waals surface area contributed by atoms with Crippen LogP contribution in [0.3, 0.4) is 0 Å². The van der Waals surface area contributed by atoms with Gasteiger partial charge in [-0.25, -0.2) is 0 Å². The Balaban J connectivity index is 1.59. The summed E-state index contributed by atoms with van der Waals surface area (Å²) in [6.07, 6.45) is 5.59. The first kappa shape index (κ1) is 11.1. The molecule has 0 aliphatic carbocycles. The van der Waals surface area contributed by atoms with Gasteiger partial charge < -0.3 is 10.6 Å². The molecule has 1 fully saturated rings. The minimum atomic E-state index is 0.171. The number of aromatic nitrogens is 2. The van der Waals surface area contributed by atoms with E-state index >= 15 is 0 Å². The monoisotopic (exact) mass is 222 g/mol. The van der Waals surface area contributed by atoms with Crippen LogP contribution in [0.25, 0.3) is 0 Å². The van der Waals surface area contributed by atoms with Gasteiger partial charge in [0.05, 0.1) is 5.92 Å². The molecule has 1 aromatic heterocycles. The number of hydrogen-bond acceptors (Lipinski definition) is 3. The van der Waals surface area contributed by atoms with E-state index in [0.29, 0.717) is 0 Å². The highest BCUT2D eigenvalue weighted by Gasteiger charge is 2.21. The molecule has 0 aromatic carbocycles. The summed E-state index contributed by atoms with van der Waals surface area (Å²) in [5.41, 5.74) is 0. The Hall–Kier alpha value is -1.36. The highest BCUT2D eigenvalue weighted by atomic mass is 16.1. The average Bonchev–Trinajstić information content (AvgIpc) is 2.96. The molecule has 0 radical (unpaired) electrons. The van der Waals surface area contributed by atoms with Gasteiger partial charge in [0.25, 0.3) is 0 Å². The number of amides is 1. The van der Waals surface area contributed by atoms with E-state index in [1.54, 1.807) is 6.20 Å². The number of hydrogen-bond donors (Lipinski definition) is 2. The second-order valence-electron chi connectivity index (χ2n) is 4.10. The number of carbonyl (C=O) groups is 1. The lowest BCUT2D eigenvalue weighted by atomic mass is 10.1. The number of nitrogens with zero attached hydrogens (tertiary/aromatic N) is 2. The first-order valence-corrected chi connectivity index (χ1v) is 5.82. The molecule has 1 aliphatic heterocycles. The lowest BCUT2D eigenvalue weighted by Crippen LogP contribution is -2.32. The maximum atomic E-state index is 11.6. The van der Waals surface area contributed by atoms with Crippen molar-refractivity contribution < 1.29 is 4.79 Å². The second kappa shape index (κ2) is 5.65. The minimum Gasteiger partial charge on any atom is -0.356 e. The van der Waals surface area contributed by atoms with E-state index in [9.17, 15) is 4.79 Å². The van der Waals surface area contributed by atoms with Gasteiger partial charge in [0.2, 0.25) is 5.91 Å². The van der Waals surface area contributed by atoms with E-state index in [1.807, 2.05) is 16.9 Å². The molecule has 0 spiro atoms. The summed E-state index contributed by atoms with van der Waals surface area (Å²) in [6, 6.07) is 1.91. The molecule has 2 heterocycles. The van der Waals surface area contributed by atoms with E-state index in [2.05, 4.69) is 15.7 Å². The van der Waals surface area contributed by atoms with Crippen molar-refractivity contribution in [1.82, 2.24) is 20.4 Å². The van der Waals surface area contributed by atoms with E-state index in [0.717, 1.165) is 39.0 Å². The smallest absolute Gasteiger partial charge is 0.224 e. The van der Waals surface area contributed by atoms with Crippen molar-refractivity contribution in [2.45, 2.75) is 19.4 Å². The van der Waals surface area contributed by atoms with Gasteiger partial charge in [-0.15, -0.1) is 0 Å². The number of rotatable bonds is 5. The topological polar surface area (TPSA) is 59.0 Å². The van der Waals surface area contributed by atoms with Crippen LogP contribution >= 0.6 is 0 Å². The Morgan fingerprint density at radius 3 is 3.25 bits per heavy atom. The molecule has 1 unspecified atom stereocenters. The first-order chi connectivity index (χ1) is 7.86. The molecule has 0 bridgehead atoms. The number of nitrogens with one attached hydrogen (secondary N) is 2. The van der Waals surface area contributed by atoms with Crippen molar-refractivity contribution in [1.29, 1.82) is 0 Å². The number of carbonyl (C=O) groups excluding carboxylic acids is 1. The highest BCUT2D eigenvalue weighted by Crippen LogP contribution is 2.06. The van der Waals surface area contributed by atoms with Crippen LogP contribution in [0.4, 0.5) is 0 Å². The van der Waals surface area contributed by atoms with Crippen molar-refractivity contribution in [3.8, 4) is 0 Å². The molecular formula is C11H18N4O. The lowest BCUT2D eigenvalue weighted by Gasteiger charge is -2.09. The summed E-state index contributed by atoms with van der Waals surface area (Å²) >= 11 is 0. The zero-order chi connectivity index (χ0) is 11.2. The summed E-state index contributed by atoms with van der Waals surface area (Å²) in [4.78, 5) is 11.6. The highest BCUT2D eigenvalue weighted by molar-refractivity contribution is 5.79. The van der Waals surface area contributed by atoms with Crippen LogP contribution in [-0.4, -0.2) is 35.3 Å². The fraction of sp³-hybridized carbons (Fsp3) is 0.636. The third kappa shape index (κ3) is 3.06. The predicted molar refractivity (Wildman–Crippen MR) is 60.8 cm³/mol. The SMILES string of the molecule is O=C(NCCCn1cccn1)C1CCNC1. The number of aryl methyl sites for hydroxylation is 1. The van der Waals surface area contributed by atoms with Gasteiger partial charge in [-0.05, 0) is 25.5 Å². The molecule has 1 atom stereocenters. The third-order valence-corrected chi connectivity index (χ3v) is 2.85. The molecular weight excluding hydrogens is 204 g/mol.